The maximum Gasteiger partial charge on any atom is 0.341 e. The minimum atomic E-state index is -1.07. The van der Waals surface area contributed by atoms with E-state index in [1.54, 1.807) is 23.1 Å². The molecule has 0 radical (unpaired) electrons. The minimum absolute atomic E-state index is 0.0502. The largest absolute Gasteiger partial charge is 0.481 e. The minimum Gasteiger partial charge on any atom is -0.481 e. The lowest BCUT2D eigenvalue weighted by molar-refractivity contribution is -0.139. The fraction of sp³-hybridized carbons (Fsp3) is 0.227. The first-order chi connectivity index (χ1) is 14.5. The summed E-state index contributed by atoms with van der Waals surface area (Å²) in [4.78, 5) is 27.4. The van der Waals surface area contributed by atoms with Gasteiger partial charge >= 0.3 is 5.97 Å². The van der Waals surface area contributed by atoms with Gasteiger partial charge in [0.2, 0.25) is 0 Å². The molecule has 0 spiro atoms. The van der Waals surface area contributed by atoms with Gasteiger partial charge in [0.25, 0.3) is 5.91 Å². The van der Waals surface area contributed by atoms with Crippen molar-refractivity contribution in [3.05, 3.63) is 64.1 Å². The summed E-state index contributed by atoms with van der Waals surface area (Å²) in [5.41, 5.74) is 1.81. The molecule has 1 aliphatic rings. The number of nitriles is 1. The zero-order valence-electron chi connectivity index (χ0n) is 16.1. The van der Waals surface area contributed by atoms with E-state index in [2.05, 4.69) is 20.8 Å². The molecule has 3 rings (SSSR count). The number of hydrogen-bond acceptors (Lipinski definition) is 5. The number of amides is 1. The third-order valence-electron chi connectivity index (χ3n) is 4.66. The molecule has 0 saturated carbocycles. The zero-order chi connectivity index (χ0) is 21.5. The van der Waals surface area contributed by atoms with E-state index in [4.69, 9.17) is 9.84 Å². The first-order valence-corrected chi connectivity index (χ1v) is 10.1. The maximum absolute atomic E-state index is 12.8. The Hall–Kier alpha value is -3.31. The second-order valence-corrected chi connectivity index (χ2v) is 7.51. The molecule has 30 heavy (non-hydrogen) atoms. The molecule has 0 aromatic heterocycles. The number of para-hydroxylation sites is 1. The predicted octanol–water partition coefficient (Wildman–Crippen LogP) is 3.17. The summed E-state index contributed by atoms with van der Waals surface area (Å²) in [5.74, 6) is -1.00. The predicted molar refractivity (Wildman–Crippen MR) is 116 cm³/mol. The fourth-order valence-electron chi connectivity index (χ4n) is 3.15. The molecule has 1 amide bonds. The number of nitrogens with zero attached hydrogens (tertiary/aromatic N) is 3. The summed E-state index contributed by atoms with van der Waals surface area (Å²) in [5, 5.41) is 18.2. The van der Waals surface area contributed by atoms with Crippen molar-refractivity contribution in [1.82, 2.24) is 4.90 Å². The number of hydrogen-bond donors (Lipinski definition) is 1. The van der Waals surface area contributed by atoms with Crippen molar-refractivity contribution in [2.24, 2.45) is 0 Å². The van der Waals surface area contributed by atoms with E-state index in [-0.39, 0.29) is 11.5 Å². The maximum atomic E-state index is 12.8. The first kappa shape index (κ1) is 21.4. The molecule has 1 aliphatic heterocycles. The number of anilines is 1. The number of aliphatic carboxylic acids is 1. The molecule has 1 fully saturated rings. The number of carbonyl (C=O) groups excluding carboxylic acids is 1. The molecule has 0 atom stereocenters. The van der Waals surface area contributed by atoms with Gasteiger partial charge in [-0.3, -0.25) is 4.79 Å². The summed E-state index contributed by atoms with van der Waals surface area (Å²) >= 11 is 3.32. The Balaban J connectivity index is 1.66. The number of rotatable bonds is 6. The van der Waals surface area contributed by atoms with Crippen LogP contribution in [0.2, 0.25) is 0 Å². The molecular formula is C22H20BrN3O4. The van der Waals surface area contributed by atoms with Gasteiger partial charge in [-0.15, -0.1) is 0 Å². The van der Waals surface area contributed by atoms with Gasteiger partial charge in [0.1, 0.15) is 17.4 Å². The van der Waals surface area contributed by atoms with E-state index >= 15 is 0 Å². The van der Waals surface area contributed by atoms with Crippen molar-refractivity contribution < 1.29 is 19.4 Å². The molecule has 7 nitrogen and oxygen atoms in total. The number of ether oxygens (including phenoxy) is 1. The van der Waals surface area contributed by atoms with Gasteiger partial charge in [0.15, 0.2) is 6.61 Å². The van der Waals surface area contributed by atoms with E-state index in [1.165, 1.54) is 6.08 Å². The van der Waals surface area contributed by atoms with Gasteiger partial charge < -0.3 is 19.6 Å². The van der Waals surface area contributed by atoms with Crippen LogP contribution in [-0.2, 0) is 9.59 Å². The molecule has 1 N–H and O–H groups in total. The summed E-state index contributed by atoms with van der Waals surface area (Å²) in [6.07, 6.45) is 1.53. The Morgan fingerprint density at radius 3 is 2.43 bits per heavy atom. The van der Waals surface area contributed by atoms with Crippen molar-refractivity contribution >= 4 is 39.6 Å². The number of carbonyl (C=O) groups is 2. The van der Waals surface area contributed by atoms with Gasteiger partial charge in [-0.2, -0.15) is 5.26 Å². The lowest BCUT2D eigenvalue weighted by Crippen LogP contribution is -2.49. The molecule has 0 bridgehead atoms. The van der Waals surface area contributed by atoms with E-state index in [9.17, 15) is 14.9 Å². The highest BCUT2D eigenvalue weighted by atomic mass is 79.9. The molecule has 1 heterocycles. The molecule has 0 aliphatic carbocycles. The van der Waals surface area contributed by atoms with Crippen molar-refractivity contribution in [2.45, 2.75) is 0 Å². The first-order valence-electron chi connectivity index (χ1n) is 9.33. The van der Waals surface area contributed by atoms with Crippen LogP contribution >= 0.6 is 15.9 Å². The van der Waals surface area contributed by atoms with Crippen molar-refractivity contribution in [2.75, 3.05) is 37.7 Å². The van der Waals surface area contributed by atoms with Crippen LogP contribution in [0.4, 0.5) is 5.69 Å². The number of carboxylic acids is 1. The number of benzene rings is 2. The van der Waals surface area contributed by atoms with Crippen LogP contribution in [0.15, 0.2) is 58.6 Å². The normalized spacial score (nSPS) is 14.2. The monoisotopic (exact) mass is 469 g/mol. The lowest BCUT2D eigenvalue weighted by Gasteiger charge is -2.36. The molecule has 2 aromatic carbocycles. The highest BCUT2D eigenvalue weighted by Crippen LogP contribution is 2.27. The third kappa shape index (κ3) is 5.39. The second-order valence-electron chi connectivity index (χ2n) is 6.66. The van der Waals surface area contributed by atoms with Gasteiger partial charge in [-0.1, -0.05) is 24.3 Å². The van der Waals surface area contributed by atoms with Crippen LogP contribution in [0, 0.1) is 11.3 Å². The number of carboxylic acid groups (broad SMARTS) is 1. The van der Waals surface area contributed by atoms with Crippen LogP contribution in [0.1, 0.15) is 5.56 Å². The average Bonchev–Trinajstić information content (AvgIpc) is 2.77. The Morgan fingerprint density at radius 1 is 1.13 bits per heavy atom. The van der Waals surface area contributed by atoms with Crippen LogP contribution in [0.5, 0.6) is 5.75 Å². The molecule has 1 saturated heterocycles. The average molecular weight is 470 g/mol. The Morgan fingerprint density at radius 2 is 1.83 bits per heavy atom. The standard InChI is InChI=1S/C22H20BrN3O4/c23-19-13-16(6-7-20(19)30-15-21(27)28)12-17(14-24)22(29)26-10-8-25(9-11-26)18-4-2-1-3-5-18/h1-7,12-13H,8-11,15H2,(H,27,28)/b17-12-. The quantitative estimate of drug-likeness (QED) is 0.515. The van der Waals surface area contributed by atoms with E-state index < -0.39 is 12.6 Å². The van der Waals surface area contributed by atoms with Crippen molar-refractivity contribution in [3.8, 4) is 11.8 Å². The second kappa shape index (κ2) is 9.94. The van der Waals surface area contributed by atoms with E-state index in [0.717, 1.165) is 5.69 Å². The smallest absolute Gasteiger partial charge is 0.341 e. The lowest BCUT2D eigenvalue weighted by atomic mass is 10.1. The molecule has 2 aromatic rings. The SMILES string of the molecule is N#C/C(=C/c1ccc(OCC(=O)O)c(Br)c1)C(=O)N1CCN(c2ccccc2)CC1. The van der Waals surface area contributed by atoms with Gasteiger partial charge in [-0.05, 0) is 51.8 Å². The van der Waals surface area contributed by atoms with Gasteiger partial charge in [-0.25, -0.2) is 4.79 Å². The highest BCUT2D eigenvalue weighted by molar-refractivity contribution is 9.10. The number of halogens is 1. The molecule has 154 valence electrons. The Kier molecular flexibility index (Phi) is 7.09. The van der Waals surface area contributed by atoms with Gasteiger partial charge in [0, 0.05) is 31.9 Å². The molecule has 8 heteroatoms. The van der Waals surface area contributed by atoms with Crippen LogP contribution in [0.25, 0.3) is 6.08 Å². The van der Waals surface area contributed by atoms with Crippen LogP contribution in [-0.4, -0.2) is 54.7 Å². The number of piperazine rings is 1. The molecular weight excluding hydrogens is 450 g/mol. The van der Waals surface area contributed by atoms with Gasteiger partial charge in [0.05, 0.1) is 4.47 Å². The topological polar surface area (TPSA) is 93.9 Å². The van der Waals surface area contributed by atoms with Crippen LogP contribution in [0.3, 0.4) is 0 Å². The van der Waals surface area contributed by atoms with Crippen molar-refractivity contribution in [1.29, 1.82) is 5.26 Å². The van der Waals surface area contributed by atoms with Crippen molar-refractivity contribution in [3.63, 3.8) is 0 Å². The highest BCUT2D eigenvalue weighted by Gasteiger charge is 2.23. The zero-order valence-corrected chi connectivity index (χ0v) is 17.7. The fourth-order valence-corrected chi connectivity index (χ4v) is 3.66. The Labute approximate surface area is 182 Å². The third-order valence-corrected chi connectivity index (χ3v) is 5.28. The Bertz CT molecular complexity index is 993. The van der Waals surface area contributed by atoms with E-state index in [0.29, 0.717) is 42.0 Å². The summed E-state index contributed by atoms with van der Waals surface area (Å²) in [7, 11) is 0. The van der Waals surface area contributed by atoms with E-state index in [1.807, 2.05) is 36.4 Å². The van der Waals surface area contributed by atoms with Crippen LogP contribution < -0.4 is 9.64 Å². The summed E-state index contributed by atoms with van der Waals surface area (Å²) in [6, 6.07) is 17.0. The molecule has 0 unspecified atom stereocenters. The summed E-state index contributed by atoms with van der Waals surface area (Å²) < 4.78 is 5.70. The summed E-state index contributed by atoms with van der Waals surface area (Å²) in [6.45, 7) is 2.03.